The molecular weight excluding hydrogens is 422 g/mol. The number of hydrogen-bond acceptors (Lipinski definition) is 6. The summed E-state index contributed by atoms with van der Waals surface area (Å²) in [6, 6.07) is 16.9. The maximum absolute atomic E-state index is 12.8. The van der Waals surface area contributed by atoms with Crippen LogP contribution in [0, 0.1) is 0 Å². The quantitative estimate of drug-likeness (QED) is 0.410. The van der Waals surface area contributed by atoms with Crippen LogP contribution in [0.5, 0.6) is 0 Å². The molecule has 1 amide bonds. The van der Waals surface area contributed by atoms with Crippen molar-refractivity contribution in [2.75, 3.05) is 18.4 Å². The second kappa shape index (κ2) is 10.1. The predicted octanol–water partition coefficient (Wildman–Crippen LogP) is 4.19. The minimum Gasteiger partial charge on any atom is -0.325 e. The number of aromatic nitrogens is 3. The molecule has 1 fully saturated rings. The van der Waals surface area contributed by atoms with Crippen molar-refractivity contribution in [3.05, 3.63) is 66.0 Å². The molecule has 0 bridgehead atoms. The van der Waals surface area contributed by atoms with Crippen molar-refractivity contribution in [2.24, 2.45) is 0 Å². The summed E-state index contributed by atoms with van der Waals surface area (Å²) in [4.78, 5) is 26.6. The first kappa shape index (κ1) is 22.2. The largest absolute Gasteiger partial charge is 0.325 e. The Balaban J connectivity index is 1.50. The third-order valence-corrected chi connectivity index (χ3v) is 6.53. The normalized spacial score (nSPS) is 14.9. The molecule has 0 aliphatic carbocycles. The van der Waals surface area contributed by atoms with Crippen molar-refractivity contribution in [2.45, 2.75) is 43.6 Å². The molecule has 0 spiro atoms. The van der Waals surface area contributed by atoms with Gasteiger partial charge >= 0.3 is 0 Å². The Kier molecular flexibility index (Phi) is 7.02. The molecular formula is C24H27N5O2S. The number of benzene rings is 2. The van der Waals surface area contributed by atoms with Crippen LogP contribution >= 0.6 is 11.8 Å². The minimum absolute atomic E-state index is 0.00298. The summed E-state index contributed by atoms with van der Waals surface area (Å²) in [6.45, 7) is 6.27. The Labute approximate surface area is 192 Å². The van der Waals surface area contributed by atoms with Crippen LogP contribution in [0.2, 0.25) is 0 Å². The Morgan fingerprint density at radius 3 is 2.38 bits per heavy atom. The predicted molar refractivity (Wildman–Crippen MR) is 126 cm³/mol. The highest BCUT2D eigenvalue weighted by Gasteiger charge is 2.23. The van der Waals surface area contributed by atoms with E-state index in [1.54, 1.807) is 24.3 Å². The monoisotopic (exact) mass is 449 g/mol. The van der Waals surface area contributed by atoms with E-state index in [2.05, 4.69) is 25.0 Å². The highest BCUT2D eigenvalue weighted by molar-refractivity contribution is 8.00. The topological polar surface area (TPSA) is 80.1 Å². The fraction of sp³-hybridized carbons (Fsp3) is 0.333. The lowest BCUT2D eigenvalue weighted by atomic mass is 10.1. The van der Waals surface area contributed by atoms with Gasteiger partial charge in [0.1, 0.15) is 0 Å². The van der Waals surface area contributed by atoms with E-state index in [4.69, 9.17) is 0 Å². The maximum Gasteiger partial charge on any atom is 0.237 e. The molecule has 1 aliphatic rings. The number of ketones is 1. The molecule has 1 aromatic heterocycles. The second-order valence-corrected chi connectivity index (χ2v) is 9.24. The zero-order chi connectivity index (χ0) is 22.5. The molecule has 2 heterocycles. The molecule has 2 aromatic carbocycles. The van der Waals surface area contributed by atoms with E-state index in [9.17, 15) is 9.59 Å². The summed E-state index contributed by atoms with van der Waals surface area (Å²) >= 11 is 1.38. The highest BCUT2D eigenvalue weighted by Crippen LogP contribution is 2.27. The number of rotatable bonds is 8. The van der Waals surface area contributed by atoms with Gasteiger partial charge in [0.15, 0.2) is 16.8 Å². The van der Waals surface area contributed by atoms with Gasteiger partial charge in [-0.1, -0.05) is 30.0 Å². The zero-order valence-corrected chi connectivity index (χ0v) is 19.1. The number of amides is 1. The molecule has 32 heavy (non-hydrogen) atoms. The summed E-state index contributed by atoms with van der Waals surface area (Å²) in [5.74, 6) is 0.749. The Hall–Kier alpha value is -2.97. The van der Waals surface area contributed by atoms with Crippen LogP contribution in [0.25, 0.3) is 5.69 Å². The smallest absolute Gasteiger partial charge is 0.237 e. The fourth-order valence-electron chi connectivity index (χ4n) is 3.70. The minimum atomic E-state index is -0.381. The second-order valence-electron chi connectivity index (χ2n) is 7.94. The number of likely N-dealkylation sites (tertiary alicyclic amines) is 1. The molecule has 166 valence electrons. The van der Waals surface area contributed by atoms with Crippen molar-refractivity contribution < 1.29 is 9.59 Å². The van der Waals surface area contributed by atoms with Crippen LogP contribution in [0.1, 0.15) is 42.9 Å². The van der Waals surface area contributed by atoms with E-state index >= 15 is 0 Å². The molecule has 3 aromatic rings. The number of carbonyl (C=O) groups excluding carboxylic acids is 2. The first-order chi connectivity index (χ1) is 15.5. The van der Waals surface area contributed by atoms with E-state index < -0.39 is 0 Å². The molecule has 1 unspecified atom stereocenters. The summed E-state index contributed by atoms with van der Waals surface area (Å²) < 4.78 is 2.05. The van der Waals surface area contributed by atoms with Gasteiger partial charge in [-0.3, -0.25) is 19.1 Å². The number of carbonyl (C=O) groups is 2. The van der Waals surface area contributed by atoms with Gasteiger partial charge in [-0.25, -0.2) is 0 Å². The zero-order valence-electron chi connectivity index (χ0n) is 18.3. The van der Waals surface area contributed by atoms with Crippen molar-refractivity contribution in [3.8, 4) is 5.69 Å². The average molecular weight is 450 g/mol. The van der Waals surface area contributed by atoms with E-state index in [1.165, 1.54) is 31.5 Å². The van der Waals surface area contributed by atoms with E-state index in [1.807, 2.05) is 37.3 Å². The first-order valence-electron chi connectivity index (χ1n) is 10.8. The van der Waals surface area contributed by atoms with Gasteiger partial charge in [-0.15, -0.1) is 10.2 Å². The number of para-hydroxylation sites is 1. The van der Waals surface area contributed by atoms with Crippen molar-refractivity contribution in [1.82, 2.24) is 19.7 Å². The number of thioether (sulfide) groups is 1. The summed E-state index contributed by atoms with van der Waals surface area (Å²) in [7, 11) is 0. The summed E-state index contributed by atoms with van der Waals surface area (Å²) in [5.41, 5.74) is 2.26. The number of nitrogens with zero attached hydrogens (tertiary/aromatic N) is 4. The standard InChI is InChI=1S/C24H27N5O2S/c1-17(30)19-10-12-20(13-11-19)25-23(31)18(2)32-24-27-26-22(16-28-14-6-7-15-28)29(24)21-8-4-3-5-9-21/h3-5,8-13,18H,6-7,14-16H2,1-2H3,(H,25,31). The number of Topliss-reactive ketones (excluding diaryl/α,β-unsaturated/α-hetero) is 1. The van der Waals surface area contributed by atoms with Gasteiger partial charge < -0.3 is 5.32 Å². The van der Waals surface area contributed by atoms with Crippen molar-refractivity contribution in [1.29, 1.82) is 0 Å². The lowest BCUT2D eigenvalue weighted by Gasteiger charge is -2.17. The molecule has 4 rings (SSSR count). The molecule has 7 nitrogen and oxygen atoms in total. The van der Waals surface area contributed by atoms with Crippen LogP contribution in [-0.4, -0.2) is 49.7 Å². The van der Waals surface area contributed by atoms with Gasteiger partial charge in [0.2, 0.25) is 5.91 Å². The van der Waals surface area contributed by atoms with Crippen LogP contribution in [0.4, 0.5) is 5.69 Å². The number of hydrogen-bond donors (Lipinski definition) is 1. The highest BCUT2D eigenvalue weighted by atomic mass is 32.2. The van der Waals surface area contributed by atoms with Gasteiger partial charge in [0.25, 0.3) is 0 Å². The van der Waals surface area contributed by atoms with E-state index in [0.29, 0.717) is 16.4 Å². The maximum atomic E-state index is 12.8. The third kappa shape index (κ3) is 5.26. The Morgan fingerprint density at radius 1 is 1.03 bits per heavy atom. The molecule has 1 N–H and O–H groups in total. The molecule has 1 aliphatic heterocycles. The SMILES string of the molecule is CC(=O)c1ccc(NC(=O)C(C)Sc2nnc(CN3CCCC3)n2-c2ccccc2)cc1. The van der Waals surface area contributed by atoms with Crippen LogP contribution < -0.4 is 5.32 Å². The molecule has 0 saturated carbocycles. The lowest BCUT2D eigenvalue weighted by molar-refractivity contribution is -0.115. The van der Waals surface area contributed by atoms with Crippen LogP contribution in [-0.2, 0) is 11.3 Å². The summed E-state index contributed by atoms with van der Waals surface area (Å²) in [6.07, 6.45) is 2.43. The lowest BCUT2D eigenvalue weighted by Crippen LogP contribution is -2.23. The molecule has 1 atom stereocenters. The van der Waals surface area contributed by atoms with Crippen LogP contribution in [0.3, 0.4) is 0 Å². The van der Waals surface area contributed by atoms with Crippen LogP contribution in [0.15, 0.2) is 59.8 Å². The fourth-order valence-corrected chi connectivity index (χ4v) is 4.59. The molecule has 8 heteroatoms. The molecule has 1 saturated heterocycles. The third-order valence-electron chi connectivity index (χ3n) is 5.49. The first-order valence-corrected chi connectivity index (χ1v) is 11.7. The summed E-state index contributed by atoms with van der Waals surface area (Å²) in [5, 5.41) is 12.1. The van der Waals surface area contributed by atoms with Crippen molar-refractivity contribution in [3.63, 3.8) is 0 Å². The van der Waals surface area contributed by atoms with Gasteiger partial charge in [-0.2, -0.15) is 0 Å². The molecule has 0 radical (unpaired) electrons. The van der Waals surface area contributed by atoms with Gasteiger partial charge in [0, 0.05) is 16.9 Å². The van der Waals surface area contributed by atoms with Gasteiger partial charge in [0.05, 0.1) is 11.8 Å². The average Bonchev–Trinajstić information content (AvgIpc) is 3.45. The van der Waals surface area contributed by atoms with Crippen molar-refractivity contribution >= 4 is 29.1 Å². The van der Waals surface area contributed by atoms with E-state index in [-0.39, 0.29) is 16.9 Å². The van der Waals surface area contributed by atoms with Gasteiger partial charge in [-0.05, 0) is 76.2 Å². The number of nitrogens with one attached hydrogen (secondary N) is 1. The van der Waals surface area contributed by atoms with E-state index in [0.717, 1.165) is 31.1 Å². The Morgan fingerprint density at radius 2 is 1.72 bits per heavy atom. The Bertz CT molecular complexity index is 1080. The number of anilines is 1.